The summed E-state index contributed by atoms with van der Waals surface area (Å²) in [5, 5.41) is 16.9. The summed E-state index contributed by atoms with van der Waals surface area (Å²) in [5.41, 5.74) is 21.3. The van der Waals surface area contributed by atoms with Crippen molar-refractivity contribution in [2.24, 2.45) is 33.8 Å². The molecule has 15 heteroatoms. The molecule has 0 fully saturated rings. The Balaban J connectivity index is 5.57. The maximum absolute atomic E-state index is 13.0. The lowest BCUT2D eigenvalue weighted by molar-refractivity contribution is -0.143. The van der Waals surface area contributed by atoms with Gasteiger partial charge < -0.3 is 44.0 Å². The van der Waals surface area contributed by atoms with E-state index in [1.807, 2.05) is 6.26 Å². The Morgan fingerprint density at radius 1 is 0.914 bits per heavy atom. The fraction of sp³-hybridized carbons (Fsp3) is 0.700. The van der Waals surface area contributed by atoms with Crippen molar-refractivity contribution in [1.29, 1.82) is 0 Å². The van der Waals surface area contributed by atoms with Gasteiger partial charge in [0.15, 0.2) is 5.96 Å². The molecule has 4 unspecified atom stereocenters. The number of carboxylic acid groups (broad SMARTS) is 1. The molecule has 4 amide bonds. The van der Waals surface area contributed by atoms with Crippen LogP contribution in [0.25, 0.3) is 0 Å². The number of primary amides is 1. The lowest BCUT2D eigenvalue weighted by Crippen LogP contribution is -2.57. The number of rotatable bonds is 17. The van der Waals surface area contributed by atoms with E-state index in [2.05, 4.69) is 20.9 Å². The summed E-state index contributed by atoms with van der Waals surface area (Å²) in [6, 6.07) is -4.58. The molecule has 0 saturated heterocycles. The Morgan fingerprint density at radius 2 is 1.46 bits per heavy atom. The predicted octanol–water partition coefficient (Wildman–Crippen LogP) is -2.81. The van der Waals surface area contributed by atoms with Gasteiger partial charge in [-0.05, 0) is 37.2 Å². The molecule has 35 heavy (non-hydrogen) atoms. The van der Waals surface area contributed by atoms with E-state index >= 15 is 0 Å². The molecule has 0 aliphatic rings. The van der Waals surface area contributed by atoms with Crippen molar-refractivity contribution in [1.82, 2.24) is 16.0 Å². The Hall–Kier alpha value is -3.07. The number of nitrogens with two attached hydrogens (primary N) is 4. The van der Waals surface area contributed by atoms with Crippen LogP contribution in [0, 0.1) is 5.92 Å². The SMILES string of the molecule is CSCCC(NC(=O)C(CCCN=C(N)N)NC(=O)C(N)CC(N)=O)C(=O)NC(C(=O)O)C(C)C. The highest BCUT2D eigenvalue weighted by molar-refractivity contribution is 7.98. The highest BCUT2D eigenvalue weighted by Gasteiger charge is 2.31. The minimum absolute atomic E-state index is 0.0955. The summed E-state index contributed by atoms with van der Waals surface area (Å²) < 4.78 is 0. The van der Waals surface area contributed by atoms with E-state index < -0.39 is 60.2 Å². The average Bonchev–Trinajstić information content (AvgIpc) is 2.75. The molecule has 0 aliphatic heterocycles. The number of nitrogens with one attached hydrogen (secondary N) is 3. The monoisotopic (exact) mass is 518 g/mol. The number of guanidine groups is 1. The number of hydrogen-bond donors (Lipinski definition) is 8. The first-order chi connectivity index (χ1) is 16.3. The maximum atomic E-state index is 13.0. The first-order valence-electron chi connectivity index (χ1n) is 11.0. The molecule has 0 aromatic carbocycles. The number of nitrogens with zero attached hydrogens (tertiary/aromatic N) is 1. The molecule has 0 saturated carbocycles. The highest BCUT2D eigenvalue weighted by atomic mass is 32.2. The van der Waals surface area contributed by atoms with Crippen LogP contribution in [0.5, 0.6) is 0 Å². The van der Waals surface area contributed by atoms with Crippen LogP contribution in [0.1, 0.15) is 39.5 Å². The van der Waals surface area contributed by atoms with Crippen LogP contribution >= 0.6 is 11.8 Å². The lowest BCUT2D eigenvalue weighted by Gasteiger charge is -2.26. The third-order valence-electron chi connectivity index (χ3n) is 4.81. The van der Waals surface area contributed by atoms with Gasteiger partial charge in [-0.25, -0.2) is 4.79 Å². The van der Waals surface area contributed by atoms with Crippen LogP contribution < -0.4 is 38.9 Å². The van der Waals surface area contributed by atoms with E-state index in [-0.39, 0.29) is 31.3 Å². The summed E-state index contributed by atoms with van der Waals surface area (Å²) in [7, 11) is 0. The quantitative estimate of drug-likeness (QED) is 0.0556. The fourth-order valence-electron chi connectivity index (χ4n) is 2.90. The summed E-state index contributed by atoms with van der Waals surface area (Å²) in [5.74, 6) is -4.13. The van der Waals surface area contributed by atoms with Crippen molar-refractivity contribution < 1.29 is 29.1 Å². The second-order valence-electron chi connectivity index (χ2n) is 8.20. The molecular weight excluding hydrogens is 480 g/mol. The number of amides is 4. The van der Waals surface area contributed by atoms with Crippen molar-refractivity contribution in [3.8, 4) is 0 Å². The van der Waals surface area contributed by atoms with Crippen LogP contribution in [0.15, 0.2) is 4.99 Å². The first-order valence-corrected chi connectivity index (χ1v) is 12.4. The van der Waals surface area contributed by atoms with Gasteiger partial charge in [-0.2, -0.15) is 11.8 Å². The fourth-order valence-corrected chi connectivity index (χ4v) is 3.38. The molecule has 200 valence electrons. The predicted molar refractivity (Wildman–Crippen MR) is 133 cm³/mol. The van der Waals surface area contributed by atoms with E-state index in [0.717, 1.165) is 0 Å². The number of hydrogen-bond acceptors (Lipinski definition) is 8. The summed E-state index contributed by atoms with van der Waals surface area (Å²) in [6.45, 7) is 3.47. The second-order valence-corrected chi connectivity index (χ2v) is 9.18. The minimum atomic E-state index is -1.27. The topological polar surface area (TPSA) is 258 Å². The van der Waals surface area contributed by atoms with Gasteiger partial charge in [0.25, 0.3) is 0 Å². The molecule has 0 bridgehead atoms. The highest BCUT2D eigenvalue weighted by Crippen LogP contribution is 2.07. The number of carbonyl (C=O) groups excluding carboxylic acids is 4. The van der Waals surface area contributed by atoms with Crippen molar-refractivity contribution in [2.75, 3.05) is 18.6 Å². The van der Waals surface area contributed by atoms with E-state index in [9.17, 15) is 29.1 Å². The van der Waals surface area contributed by atoms with Crippen LogP contribution in [-0.2, 0) is 24.0 Å². The normalized spacial score (nSPS) is 14.2. The van der Waals surface area contributed by atoms with Gasteiger partial charge in [-0.3, -0.25) is 24.2 Å². The Bertz CT molecular complexity index is 775. The minimum Gasteiger partial charge on any atom is -0.480 e. The number of aliphatic imine (C=N–C) groups is 1. The van der Waals surface area contributed by atoms with E-state index in [1.165, 1.54) is 11.8 Å². The van der Waals surface area contributed by atoms with Gasteiger partial charge in [0, 0.05) is 6.54 Å². The van der Waals surface area contributed by atoms with Crippen LogP contribution in [0.4, 0.5) is 0 Å². The zero-order valence-corrected chi connectivity index (χ0v) is 21.1. The van der Waals surface area contributed by atoms with Crippen molar-refractivity contribution >= 4 is 47.3 Å². The smallest absolute Gasteiger partial charge is 0.326 e. The molecule has 14 nitrogen and oxygen atoms in total. The number of carbonyl (C=O) groups is 5. The van der Waals surface area contributed by atoms with Crippen LogP contribution in [-0.4, -0.2) is 83.4 Å². The molecule has 0 radical (unpaired) electrons. The molecule has 0 aliphatic carbocycles. The van der Waals surface area contributed by atoms with Gasteiger partial charge in [0.1, 0.15) is 18.1 Å². The van der Waals surface area contributed by atoms with Gasteiger partial charge in [-0.15, -0.1) is 0 Å². The molecule has 0 heterocycles. The van der Waals surface area contributed by atoms with Crippen LogP contribution in [0.2, 0.25) is 0 Å². The number of carboxylic acids is 1. The summed E-state index contributed by atoms with van der Waals surface area (Å²) >= 11 is 1.44. The summed E-state index contributed by atoms with van der Waals surface area (Å²) in [6.07, 6.45) is 2.02. The Labute approximate surface area is 208 Å². The Kier molecular flexibility index (Phi) is 15.1. The van der Waals surface area contributed by atoms with Gasteiger partial charge in [0.2, 0.25) is 23.6 Å². The number of aliphatic carboxylic acids is 1. The molecular formula is C20H38N8O6S. The molecule has 4 atom stereocenters. The standard InChI is InChI=1S/C20H38N8O6S/c1-10(2)15(19(33)34)28-18(32)13(6-8-35-3)27-17(31)12(5-4-7-25-20(23)24)26-16(30)11(21)9-14(22)29/h10-13,15H,4-9,21H2,1-3H3,(H2,22,29)(H,26,30)(H,27,31)(H,28,32)(H,33,34)(H4,23,24,25). The zero-order chi connectivity index (χ0) is 27.1. The van der Waals surface area contributed by atoms with Crippen molar-refractivity contribution in [3.05, 3.63) is 0 Å². The van der Waals surface area contributed by atoms with Gasteiger partial charge in [0.05, 0.1) is 12.5 Å². The van der Waals surface area contributed by atoms with Crippen molar-refractivity contribution in [2.45, 2.75) is 63.7 Å². The molecule has 0 spiro atoms. The average molecular weight is 519 g/mol. The van der Waals surface area contributed by atoms with Crippen molar-refractivity contribution in [3.63, 3.8) is 0 Å². The number of thioether (sulfide) groups is 1. The zero-order valence-electron chi connectivity index (χ0n) is 20.3. The van der Waals surface area contributed by atoms with Gasteiger partial charge in [-0.1, -0.05) is 13.8 Å². The molecule has 0 aromatic rings. The molecule has 0 aromatic heterocycles. The third-order valence-corrected chi connectivity index (χ3v) is 5.45. The second kappa shape index (κ2) is 16.5. The van der Waals surface area contributed by atoms with Gasteiger partial charge >= 0.3 is 5.97 Å². The third kappa shape index (κ3) is 13.4. The lowest BCUT2D eigenvalue weighted by atomic mass is 10.0. The largest absolute Gasteiger partial charge is 0.480 e. The van der Waals surface area contributed by atoms with E-state index in [0.29, 0.717) is 12.2 Å². The first kappa shape index (κ1) is 31.9. The molecule has 12 N–H and O–H groups in total. The maximum Gasteiger partial charge on any atom is 0.326 e. The molecule has 0 rings (SSSR count). The summed E-state index contributed by atoms with van der Waals surface area (Å²) in [4.78, 5) is 64.6. The van der Waals surface area contributed by atoms with E-state index in [4.69, 9.17) is 22.9 Å². The van der Waals surface area contributed by atoms with Crippen LogP contribution in [0.3, 0.4) is 0 Å². The van der Waals surface area contributed by atoms with E-state index in [1.54, 1.807) is 13.8 Å². The Morgan fingerprint density at radius 3 is 1.94 bits per heavy atom.